The third-order valence-electron chi connectivity index (χ3n) is 5.30. The predicted octanol–water partition coefficient (Wildman–Crippen LogP) is 4.94. The van der Waals surface area contributed by atoms with E-state index in [0.717, 1.165) is 18.4 Å². The number of hydrogen-bond donors (Lipinski definition) is 0. The molecule has 1 saturated heterocycles. The third kappa shape index (κ3) is 6.06. The van der Waals surface area contributed by atoms with E-state index in [4.69, 9.17) is 27.9 Å². The monoisotopic (exact) mass is 439 g/mol. The summed E-state index contributed by atoms with van der Waals surface area (Å²) in [6.45, 7) is 5.82. The summed E-state index contributed by atoms with van der Waals surface area (Å²) in [5.41, 5.74) is 0.0864. The highest BCUT2D eigenvalue weighted by Crippen LogP contribution is 2.26. The highest BCUT2D eigenvalue weighted by Gasteiger charge is 2.40. The van der Waals surface area contributed by atoms with Crippen molar-refractivity contribution >= 4 is 46.9 Å². The second-order valence-corrected chi connectivity index (χ2v) is 8.60. The first-order valence-electron chi connectivity index (χ1n) is 9.81. The minimum Gasteiger partial charge on any atom is -0.460 e. The largest absolute Gasteiger partial charge is 0.460 e. The Balaban J connectivity index is 1.98. The van der Waals surface area contributed by atoms with Crippen LogP contribution in [0.15, 0.2) is 24.3 Å². The van der Waals surface area contributed by atoms with E-state index in [1.54, 1.807) is 44.2 Å². The lowest BCUT2D eigenvalue weighted by Crippen LogP contribution is -2.53. The van der Waals surface area contributed by atoms with Crippen molar-refractivity contribution in [1.82, 2.24) is 4.90 Å². The molecule has 5 nitrogen and oxygen atoms in total. The Morgan fingerprint density at radius 3 is 2.59 bits per heavy atom. The summed E-state index contributed by atoms with van der Waals surface area (Å²) < 4.78 is 5.34. The molecule has 1 aromatic rings. The number of ketones is 1. The fraction of sp³-hybridized carbons (Fsp3) is 0.500. The first kappa shape index (κ1) is 23.4. The highest BCUT2D eigenvalue weighted by atomic mass is 35.5. The van der Waals surface area contributed by atoms with E-state index in [-0.39, 0.29) is 6.61 Å². The molecule has 1 aliphatic heterocycles. The predicted molar refractivity (Wildman–Crippen MR) is 115 cm³/mol. The van der Waals surface area contributed by atoms with Crippen LogP contribution in [0.1, 0.15) is 52.0 Å². The number of ether oxygens (including phenoxy) is 1. The Morgan fingerprint density at radius 1 is 1.21 bits per heavy atom. The first-order chi connectivity index (χ1) is 13.7. The maximum atomic E-state index is 12.7. The zero-order valence-corrected chi connectivity index (χ0v) is 18.6. The van der Waals surface area contributed by atoms with Gasteiger partial charge in [0.25, 0.3) is 5.91 Å². The van der Waals surface area contributed by atoms with E-state index in [2.05, 4.69) is 0 Å². The molecule has 0 saturated carbocycles. The van der Waals surface area contributed by atoms with Crippen LogP contribution in [0.4, 0.5) is 0 Å². The van der Waals surface area contributed by atoms with E-state index in [1.807, 2.05) is 6.92 Å². The van der Waals surface area contributed by atoms with Gasteiger partial charge in [0.05, 0.1) is 10.0 Å². The van der Waals surface area contributed by atoms with Crippen LogP contribution in [0.5, 0.6) is 0 Å². The minimum atomic E-state index is -0.744. The van der Waals surface area contributed by atoms with Crippen LogP contribution < -0.4 is 0 Å². The molecule has 1 aromatic carbocycles. The third-order valence-corrected chi connectivity index (χ3v) is 6.04. The standard InChI is InChI=1S/C22H27Cl2NO4/c1-4-22(2,3)19(26)20(27)25-12-6-5-9-18(25)21(28)29-13-7-8-15-10-11-16(23)17(24)14-15/h7-8,10-11,14,18H,4-6,9,12-13H2,1-3H3/b8-7+. The van der Waals surface area contributed by atoms with E-state index < -0.39 is 29.1 Å². The fourth-order valence-corrected chi connectivity index (χ4v) is 3.33. The van der Waals surface area contributed by atoms with Crippen molar-refractivity contribution in [2.45, 2.75) is 52.5 Å². The summed E-state index contributed by atoms with van der Waals surface area (Å²) in [5.74, 6) is -1.54. The molecule has 1 aliphatic rings. The van der Waals surface area contributed by atoms with Gasteiger partial charge in [0, 0.05) is 12.0 Å². The Morgan fingerprint density at radius 2 is 1.93 bits per heavy atom. The molecule has 0 spiro atoms. The number of nitrogens with zero attached hydrogens (tertiary/aromatic N) is 1. The lowest BCUT2D eigenvalue weighted by Gasteiger charge is -2.35. The quantitative estimate of drug-likeness (QED) is 0.445. The van der Waals surface area contributed by atoms with Gasteiger partial charge in [-0.25, -0.2) is 4.79 Å². The summed E-state index contributed by atoms with van der Waals surface area (Å²) >= 11 is 11.9. The maximum absolute atomic E-state index is 12.7. The van der Waals surface area contributed by atoms with Crippen molar-refractivity contribution in [3.8, 4) is 0 Å². The van der Waals surface area contributed by atoms with Crippen molar-refractivity contribution in [3.63, 3.8) is 0 Å². The van der Waals surface area contributed by atoms with E-state index >= 15 is 0 Å². The molecule has 1 unspecified atom stereocenters. The molecular weight excluding hydrogens is 413 g/mol. The van der Waals surface area contributed by atoms with Crippen molar-refractivity contribution in [3.05, 3.63) is 39.9 Å². The van der Waals surface area contributed by atoms with Gasteiger partial charge < -0.3 is 9.64 Å². The molecule has 2 rings (SSSR count). The Labute approximate surface area is 182 Å². The zero-order valence-electron chi connectivity index (χ0n) is 17.0. The SMILES string of the molecule is CCC(C)(C)C(=O)C(=O)N1CCCCC1C(=O)OC/C=C/c1ccc(Cl)c(Cl)c1. The van der Waals surface area contributed by atoms with Gasteiger partial charge in [-0.05, 0) is 49.5 Å². The number of halogens is 2. The van der Waals surface area contributed by atoms with Crippen molar-refractivity contribution < 1.29 is 19.1 Å². The number of Topliss-reactive ketones (excluding diaryl/α,β-unsaturated/α-hetero) is 1. The second kappa shape index (κ2) is 10.3. The molecule has 7 heteroatoms. The highest BCUT2D eigenvalue weighted by molar-refractivity contribution is 6.42. The Kier molecular flexibility index (Phi) is 8.29. The lowest BCUT2D eigenvalue weighted by atomic mass is 9.84. The summed E-state index contributed by atoms with van der Waals surface area (Å²) in [6.07, 6.45) is 6.10. The number of carbonyl (C=O) groups is 3. The molecule has 29 heavy (non-hydrogen) atoms. The Hall–Kier alpha value is -1.85. The zero-order chi connectivity index (χ0) is 21.6. The number of amides is 1. The van der Waals surface area contributed by atoms with E-state index in [9.17, 15) is 14.4 Å². The van der Waals surface area contributed by atoms with Crippen molar-refractivity contribution in [2.75, 3.05) is 13.2 Å². The second-order valence-electron chi connectivity index (χ2n) is 7.78. The number of carbonyl (C=O) groups excluding carboxylic acids is 3. The maximum Gasteiger partial charge on any atom is 0.329 e. The van der Waals surface area contributed by atoms with Crippen LogP contribution in [0, 0.1) is 5.41 Å². The van der Waals surface area contributed by atoms with Gasteiger partial charge in [0.2, 0.25) is 5.78 Å². The first-order valence-corrected chi connectivity index (χ1v) is 10.6. The van der Waals surface area contributed by atoms with Crippen LogP contribution in [-0.2, 0) is 19.1 Å². The molecule has 0 N–H and O–H groups in total. The molecule has 1 heterocycles. The van der Waals surface area contributed by atoms with Crippen LogP contribution >= 0.6 is 23.2 Å². The van der Waals surface area contributed by atoms with Gasteiger partial charge in [0.15, 0.2) is 0 Å². The van der Waals surface area contributed by atoms with Gasteiger partial charge in [-0.15, -0.1) is 0 Å². The molecule has 1 amide bonds. The molecule has 158 valence electrons. The Bertz CT molecular complexity index is 804. The molecule has 1 fully saturated rings. The number of rotatable bonds is 7. The number of hydrogen-bond acceptors (Lipinski definition) is 4. The normalized spacial score (nSPS) is 17.4. The van der Waals surface area contributed by atoms with Crippen molar-refractivity contribution in [1.29, 1.82) is 0 Å². The number of likely N-dealkylation sites (tertiary alicyclic amines) is 1. The summed E-state index contributed by atoms with van der Waals surface area (Å²) in [7, 11) is 0. The number of esters is 1. The van der Waals surface area contributed by atoms with Crippen LogP contribution in [0.2, 0.25) is 10.0 Å². The van der Waals surface area contributed by atoms with Gasteiger partial charge in [-0.2, -0.15) is 0 Å². The molecule has 1 atom stereocenters. The van der Waals surface area contributed by atoms with Crippen molar-refractivity contribution in [2.24, 2.45) is 5.41 Å². The van der Waals surface area contributed by atoms with Crippen LogP contribution in [0.3, 0.4) is 0 Å². The van der Waals surface area contributed by atoms with Crippen LogP contribution in [0.25, 0.3) is 6.08 Å². The van der Waals surface area contributed by atoms with Gasteiger partial charge in [-0.3, -0.25) is 9.59 Å². The van der Waals surface area contributed by atoms with Gasteiger partial charge in [-0.1, -0.05) is 56.1 Å². The van der Waals surface area contributed by atoms with Gasteiger partial charge in [0.1, 0.15) is 12.6 Å². The van der Waals surface area contributed by atoms with E-state index in [0.29, 0.717) is 29.4 Å². The topological polar surface area (TPSA) is 63.7 Å². The molecule has 0 aliphatic carbocycles. The number of benzene rings is 1. The summed E-state index contributed by atoms with van der Waals surface area (Å²) in [6, 6.07) is 4.49. The molecule has 0 bridgehead atoms. The minimum absolute atomic E-state index is 0.0615. The average Bonchev–Trinajstić information content (AvgIpc) is 2.72. The van der Waals surface area contributed by atoms with Gasteiger partial charge >= 0.3 is 5.97 Å². The average molecular weight is 440 g/mol. The summed E-state index contributed by atoms with van der Waals surface area (Å²) in [5, 5.41) is 0.917. The molecule has 0 radical (unpaired) electrons. The lowest BCUT2D eigenvalue weighted by molar-refractivity contribution is -0.160. The fourth-order valence-electron chi connectivity index (χ4n) is 3.03. The summed E-state index contributed by atoms with van der Waals surface area (Å²) in [4.78, 5) is 39.2. The molecule has 0 aromatic heterocycles. The molecular formula is C22H27Cl2NO4. The smallest absolute Gasteiger partial charge is 0.329 e. The van der Waals surface area contributed by atoms with E-state index in [1.165, 1.54) is 4.90 Å². The number of piperidine rings is 1. The van der Waals surface area contributed by atoms with Crippen LogP contribution in [-0.4, -0.2) is 41.8 Å².